The van der Waals surface area contributed by atoms with Crippen molar-refractivity contribution in [2.75, 3.05) is 0 Å². The average molecular weight is 80.1 g/mol. The van der Waals surface area contributed by atoms with E-state index >= 15 is 0 Å². The summed E-state index contributed by atoms with van der Waals surface area (Å²) in [5, 5.41) is 9.64. The molecule has 24 valence electrons. The zero-order valence-corrected chi connectivity index (χ0v) is 5.40. The van der Waals surface area contributed by atoms with Crippen LogP contribution in [0, 0.1) is 0 Å². The van der Waals surface area contributed by atoms with Crippen LogP contribution >= 0.6 is 0 Å². The second-order valence-electron chi connectivity index (χ2n) is 1.20. The van der Waals surface area contributed by atoms with E-state index in [9.17, 15) is 5.11 Å². The molecule has 1 rings (SSSR count). The van der Waals surface area contributed by atoms with Crippen LogP contribution in [-0.2, 0) is 0 Å². The van der Waals surface area contributed by atoms with Crippen LogP contribution in [0.15, 0.2) is 0 Å². The molecule has 0 atom stereocenters. The SMILES string of the molecule is [Na+].[O-]C1CC1. The van der Waals surface area contributed by atoms with Crippen molar-refractivity contribution in [3.05, 3.63) is 0 Å². The zero-order chi connectivity index (χ0) is 2.99. The smallest absolute Gasteiger partial charge is 0.852 e. The molecule has 0 aromatic carbocycles. The minimum Gasteiger partial charge on any atom is -0.852 e. The molecule has 1 aliphatic rings. The van der Waals surface area contributed by atoms with Gasteiger partial charge in [0.05, 0.1) is 0 Å². The summed E-state index contributed by atoms with van der Waals surface area (Å²) in [6.07, 6.45) is 1.69. The van der Waals surface area contributed by atoms with E-state index in [0.717, 1.165) is 12.8 Å². The van der Waals surface area contributed by atoms with Crippen LogP contribution in [-0.4, -0.2) is 6.10 Å². The fourth-order valence-corrected chi connectivity index (χ4v) is 0.0680. The van der Waals surface area contributed by atoms with Crippen molar-refractivity contribution < 1.29 is 34.7 Å². The van der Waals surface area contributed by atoms with E-state index in [0.29, 0.717) is 0 Å². The molecule has 0 aromatic rings. The summed E-state index contributed by atoms with van der Waals surface area (Å²) in [5.74, 6) is 0. The maximum absolute atomic E-state index is 9.64. The first kappa shape index (κ1) is 5.96. The average Bonchev–Trinajstić information content (AvgIpc) is 1.75. The fourth-order valence-electron chi connectivity index (χ4n) is 0.0680. The predicted octanol–water partition coefficient (Wildman–Crippen LogP) is -3.49. The molecule has 0 unspecified atom stereocenters. The van der Waals surface area contributed by atoms with E-state index < -0.39 is 0 Å². The summed E-state index contributed by atoms with van der Waals surface area (Å²) < 4.78 is 0. The minimum atomic E-state index is -0.167. The standard InChI is InChI=1S/C3H5O.Na/c4-3-1-2-3;/h3H,1-2H2;/q-1;+1. The van der Waals surface area contributed by atoms with Gasteiger partial charge in [-0.25, -0.2) is 0 Å². The first-order valence-electron chi connectivity index (χ1n) is 1.55. The molecule has 5 heavy (non-hydrogen) atoms. The second kappa shape index (κ2) is 2.19. The molecule has 0 bridgehead atoms. The number of rotatable bonds is 0. The van der Waals surface area contributed by atoms with Gasteiger partial charge < -0.3 is 5.11 Å². The van der Waals surface area contributed by atoms with Gasteiger partial charge in [0.25, 0.3) is 0 Å². The van der Waals surface area contributed by atoms with Crippen LogP contribution in [0.2, 0.25) is 0 Å². The normalized spacial score (nSPS) is 21.0. The van der Waals surface area contributed by atoms with Crippen molar-refractivity contribution in [3.8, 4) is 0 Å². The molecule has 0 heterocycles. The van der Waals surface area contributed by atoms with E-state index in [-0.39, 0.29) is 35.7 Å². The molecular formula is C3H5NaO. The van der Waals surface area contributed by atoms with E-state index in [1.54, 1.807) is 0 Å². The van der Waals surface area contributed by atoms with Gasteiger partial charge in [-0.05, 0) is 0 Å². The Morgan fingerprint density at radius 2 is 1.60 bits per heavy atom. The monoisotopic (exact) mass is 80.0 g/mol. The second-order valence-corrected chi connectivity index (χ2v) is 1.20. The van der Waals surface area contributed by atoms with Crippen LogP contribution in [0.4, 0.5) is 0 Å². The molecule has 0 spiro atoms. The van der Waals surface area contributed by atoms with Crippen LogP contribution in [0.25, 0.3) is 0 Å². The third-order valence-electron chi connectivity index (χ3n) is 0.524. The Morgan fingerprint density at radius 1 is 1.40 bits per heavy atom. The molecule has 0 saturated heterocycles. The molecule has 0 radical (unpaired) electrons. The molecule has 0 aromatic heterocycles. The Morgan fingerprint density at radius 3 is 1.60 bits per heavy atom. The maximum atomic E-state index is 9.64. The molecule has 1 fully saturated rings. The van der Waals surface area contributed by atoms with Gasteiger partial charge in [-0.1, -0.05) is 12.8 Å². The summed E-state index contributed by atoms with van der Waals surface area (Å²) >= 11 is 0. The van der Waals surface area contributed by atoms with Gasteiger partial charge in [0.15, 0.2) is 0 Å². The quantitative estimate of drug-likeness (QED) is 0.277. The summed E-state index contributed by atoms with van der Waals surface area (Å²) in [6, 6.07) is 0. The topological polar surface area (TPSA) is 23.1 Å². The van der Waals surface area contributed by atoms with Gasteiger partial charge in [0, 0.05) is 0 Å². The van der Waals surface area contributed by atoms with Crippen molar-refractivity contribution in [1.82, 2.24) is 0 Å². The Hall–Kier alpha value is 0.960. The Bertz CT molecular complexity index is 26.1. The van der Waals surface area contributed by atoms with Crippen LogP contribution < -0.4 is 34.7 Å². The van der Waals surface area contributed by atoms with Gasteiger partial charge in [0.1, 0.15) is 0 Å². The Labute approximate surface area is 53.7 Å². The summed E-state index contributed by atoms with van der Waals surface area (Å²) in [4.78, 5) is 0. The third-order valence-corrected chi connectivity index (χ3v) is 0.524. The van der Waals surface area contributed by atoms with E-state index in [4.69, 9.17) is 0 Å². The molecule has 0 N–H and O–H groups in total. The molecule has 0 aliphatic heterocycles. The van der Waals surface area contributed by atoms with Crippen LogP contribution in [0.5, 0.6) is 0 Å². The summed E-state index contributed by atoms with van der Waals surface area (Å²) in [6.45, 7) is 0. The van der Waals surface area contributed by atoms with E-state index in [1.807, 2.05) is 0 Å². The van der Waals surface area contributed by atoms with Gasteiger partial charge in [0.2, 0.25) is 0 Å². The van der Waals surface area contributed by atoms with Crippen molar-refractivity contribution in [2.24, 2.45) is 0 Å². The summed E-state index contributed by atoms with van der Waals surface area (Å²) in [7, 11) is 0. The van der Waals surface area contributed by atoms with Crippen molar-refractivity contribution in [1.29, 1.82) is 0 Å². The fraction of sp³-hybridized carbons (Fsp3) is 1.00. The summed E-state index contributed by atoms with van der Waals surface area (Å²) in [5.41, 5.74) is 0. The first-order valence-corrected chi connectivity index (χ1v) is 1.55. The minimum absolute atomic E-state index is 0. The Balaban J connectivity index is 0.000000160. The molecule has 2 heteroatoms. The van der Waals surface area contributed by atoms with Crippen LogP contribution in [0.3, 0.4) is 0 Å². The van der Waals surface area contributed by atoms with Gasteiger partial charge in [-0.15, -0.1) is 6.10 Å². The van der Waals surface area contributed by atoms with E-state index in [1.165, 1.54) is 0 Å². The number of hydrogen-bond donors (Lipinski definition) is 0. The van der Waals surface area contributed by atoms with Crippen molar-refractivity contribution in [3.63, 3.8) is 0 Å². The van der Waals surface area contributed by atoms with E-state index in [2.05, 4.69) is 0 Å². The molecule has 0 amide bonds. The molecular weight excluding hydrogens is 75.0 g/mol. The molecule has 1 aliphatic carbocycles. The Kier molecular flexibility index (Phi) is 2.61. The van der Waals surface area contributed by atoms with Gasteiger partial charge in [-0.3, -0.25) is 0 Å². The molecule has 1 nitrogen and oxygen atoms in total. The number of hydrogen-bond acceptors (Lipinski definition) is 1. The largest absolute Gasteiger partial charge is 1.00 e. The third kappa shape index (κ3) is 2.77. The van der Waals surface area contributed by atoms with Crippen molar-refractivity contribution >= 4 is 0 Å². The predicted molar refractivity (Wildman–Crippen MR) is 13.0 cm³/mol. The van der Waals surface area contributed by atoms with Crippen molar-refractivity contribution in [2.45, 2.75) is 18.9 Å². The van der Waals surface area contributed by atoms with Crippen LogP contribution in [0.1, 0.15) is 12.8 Å². The van der Waals surface area contributed by atoms with Gasteiger partial charge in [-0.2, -0.15) is 0 Å². The molecule has 1 saturated carbocycles. The van der Waals surface area contributed by atoms with Gasteiger partial charge >= 0.3 is 29.6 Å². The zero-order valence-electron chi connectivity index (χ0n) is 3.40. The maximum Gasteiger partial charge on any atom is 1.00 e. The first-order chi connectivity index (χ1) is 1.89.